The Kier molecular flexibility index (Phi) is 7.20. The number of carbonyl (C=O) groups is 1. The highest BCUT2D eigenvalue weighted by molar-refractivity contribution is 5.79. The van der Waals surface area contributed by atoms with Gasteiger partial charge in [-0.15, -0.1) is 0 Å². The van der Waals surface area contributed by atoms with Crippen LogP contribution in [0, 0.1) is 6.92 Å². The number of aryl methyl sites for hydroxylation is 1. The number of methoxy groups -OCH3 is 1. The number of fused-ring (bicyclic) bond motifs is 1. The van der Waals surface area contributed by atoms with Gasteiger partial charge in [-0.05, 0) is 55.0 Å². The molecule has 0 atom stereocenters. The average Bonchev–Trinajstić information content (AvgIpc) is 3.26. The van der Waals surface area contributed by atoms with Crippen LogP contribution in [-0.2, 0) is 4.79 Å². The number of nitrogens with zero attached hydrogens (tertiary/aromatic N) is 3. The van der Waals surface area contributed by atoms with E-state index in [-0.39, 0.29) is 6.47 Å². The van der Waals surface area contributed by atoms with Crippen LogP contribution in [0.25, 0.3) is 22.2 Å². The molecule has 4 N–H and O–H groups in total. The molecular weight excluding hydrogens is 464 g/mol. The number of hydrogen-bond acceptors (Lipinski definition) is 9. The van der Waals surface area contributed by atoms with Crippen LogP contribution in [0.2, 0.25) is 0 Å². The molecule has 0 saturated carbocycles. The summed E-state index contributed by atoms with van der Waals surface area (Å²) < 4.78 is 10.6. The first kappa shape index (κ1) is 24.0. The SMILES string of the molecule is COc1cc(Nc2ncc(C)c(Nc3ccc4oc(=O)[nH]c4c3)n2)ccc1-c1ccncc1.O=CO. The predicted octanol–water partition coefficient (Wildman–Crippen LogP) is 4.48. The Morgan fingerprint density at radius 1 is 1.06 bits per heavy atom. The molecule has 0 aliphatic carbocycles. The highest BCUT2D eigenvalue weighted by atomic mass is 16.5. The number of rotatable bonds is 6. The first-order chi connectivity index (χ1) is 17.5. The van der Waals surface area contributed by atoms with Gasteiger partial charge in [0.05, 0.1) is 12.6 Å². The third-order valence-electron chi connectivity index (χ3n) is 5.10. The van der Waals surface area contributed by atoms with Crippen molar-refractivity contribution in [1.29, 1.82) is 0 Å². The predicted molar refractivity (Wildman–Crippen MR) is 135 cm³/mol. The number of oxazole rings is 1. The van der Waals surface area contributed by atoms with E-state index in [0.717, 1.165) is 33.8 Å². The summed E-state index contributed by atoms with van der Waals surface area (Å²) in [5, 5.41) is 13.4. The summed E-state index contributed by atoms with van der Waals surface area (Å²) >= 11 is 0. The summed E-state index contributed by atoms with van der Waals surface area (Å²) in [4.78, 5) is 35.5. The molecule has 11 heteroatoms. The van der Waals surface area contributed by atoms with Gasteiger partial charge in [-0.25, -0.2) is 9.78 Å². The number of aromatic amines is 1. The number of H-pyrrole nitrogens is 1. The van der Waals surface area contributed by atoms with Gasteiger partial charge in [0, 0.05) is 47.2 Å². The lowest BCUT2D eigenvalue weighted by molar-refractivity contribution is -0.122. The average molecular weight is 486 g/mol. The summed E-state index contributed by atoms with van der Waals surface area (Å²) in [6, 6.07) is 15.0. The van der Waals surface area contributed by atoms with Crippen molar-refractivity contribution < 1.29 is 19.1 Å². The second-order valence-corrected chi connectivity index (χ2v) is 7.46. The number of carboxylic acid groups (broad SMARTS) is 1. The van der Waals surface area contributed by atoms with Crippen LogP contribution in [0.5, 0.6) is 5.75 Å². The molecule has 0 radical (unpaired) electrons. The summed E-state index contributed by atoms with van der Waals surface area (Å²) in [6.07, 6.45) is 5.23. The number of aromatic nitrogens is 4. The van der Waals surface area contributed by atoms with E-state index in [1.54, 1.807) is 37.8 Å². The molecule has 0 unspecified atom stereocenters. The van der Waals surface area contributed by atoms with Gasteiger partial charge in [0.2, 0.25) is 5.95 Å². The maximum atomic E-state index is 11.4. The molecule has 3 aromatic heterocycles. The fraction of sp³-hybridized carbons (Fsp3) is 0.0800. The molecule has 0 amide bonds. The topological polar surface area (TPSA) is 155 Å². The molecule has 3 heterocycles. The zero-order valence-corrected chi connectivity index (χ0v) is 19.4. The van der Waals surface area contributed by atoms with Crippen LogP contribution in [0.4, 0.5) is 23.1 Å². The van der Waals surface area contributed by atoms with Gasteiger partial charge in [-0.3, -0.25) is 14.8 Å². The minimum absolute atomic E-state index is 0.250. The van der Waals surface area contributed by atoms with E-state index in [4.69, 9.17) is 19.1 Å². The molecule has 36 heavy (non-hydrogen) atoms. The fourth-order valence-electron chi connectivity index (χ4n) is 3.46. The second kappa shape index (κ2) is 10.8. The molecule has 0 saturated heterocycles. The molecule has 5 aromatic rings. The molecule has 5 rings (SSSR count). The number of ether oxygens (including phenoxy) is 1. The van der Waals surface area contributed by atoms with E-state index in [9.17, 15) is 4.79 Å². The van der Waals surface area contributed by atoms with Crippen LogP contribution >= 0.6 is 0 Å². The van der Waals surface area contributed by atoms with Crippen LogP contribution in [0.15, 0.2) is 76.3 Å². The van der Waals surface area contributed by atoms with E-state index in [1.807, 2.05) is 43.3 Å². The number of pyridine rings is 1. The second-order valence-electron chi connectivity index (χ2n) is 7.46. The van der Waals surface area contributed by atoms with E-state index in [0.29, 0.717) is 22.9 Å². The zero-order valence-electron chi connectivity index (χ0n) is 19.4. The minimum Gasteiger partial charge on any atom is -0.496 e. The highest BCUT2D eigenvalue weighted by Crippen LogP contribution is 2.33. The standard InChI is InChI=1S/C24H20N6O3.CH2O2/c1-14-13-26-23(30-22(14)27-16-4-6-20-19(11-16)29-24(31)33-20)28-17-3-5-18(21(12-17)32-2)15-7-9-25-10-8-15;2-1-3/h3-13H,1-2H3,(H,29,31)(H2,26,27,28,30);1H,(H,2,3). The normalized spacial score (nSPS) is 10.3. The van der Waals surface area contributed by atoms with Crippen molar-refractivity contribution in [3.05, 3.63) is 83.2 Å². The Labute approximate surface area is 204 Å². The lowest BCUT2D eigenvalue weighted by Crippen LogP contribution is -2.03. The Balaban J connectivity index is 0.000000967. The third-order valence-corrected chi connectivity index (χ3v) is 5.10. The molecule has 2 aromatic carbocycles. The summed E-state index contributed by atoms with van der Waals surface area (Å²) in [7, 11) is 1.64. The lowest BCUT2D eigenvalue weighted by Gasteiger charge is -2.13. The molecule has 0 aliphatic rings. The maximum absolute atomic E-state index is 11.4. The van der Waals surface area contributed by atoms with Crippen molar-refractivity contribution in [2.75, 3.05) is 17.7 Å². The Morgan fingerprint density at radius 2 is 1.78 bits per heavy atom. The molecule has 0 aliphatic heterocycles. The van der Waals surface area contributed by atoms with Crippen molar-refractivity contribution in [2.45, 2.75) is 6.92 Å². The van der Waals surface area contributed by atoms with Gasteiger partial charge in [0.1, 0.15) is 11.6 Å². The largest absolute Gasteiger partial charge is 0.496 e. The van der Waals surface area contributed by atoms with E-state index in [1.165, 1.54) is 0 Å². The molecule has 0 spiro atoms. The van der Waals surface area contributed by atoms with Gasteiger partial charge in [-0.2, -0.15) is 4.98 Å². The quantitative estimate of drug-likeness (QED) is 0.252. The Hall–Kier alpha value is -5.19. The first-order valence-electron chi connectivity index (χ1n) is 10.7. The van der Waals surface area contributed by atoms with Crippen LogP contribution < -0.4 is 21.1 Å². The van der Waals surface area contributed by atoms with Crippen LogP contribution in [-0.4, -0.2) is 38.6 Å². The molecular formula is C25H22N6O5. The molecule has 182 valence electrons. The van der Waals surface area contributed by atoms with Gasteiger partial charge in [-0.1, -0.05) is 0 Å². The van der Waals surface area contributed by atoms with Crippen LogP contribution in [0.3, 0.4) is 0 Å². The van der Waals surface area contributed by atoms with Gasteiger partial charge in [0.25, 0.3) is 6.47 Å². The number of benzene rings is 2. The lowest BCUT2D eigenvalue weighted by atomic mass is 10.1. The molecule has 11 nitrogen and oxygen atoms in total. The molecule has 0 fully saturated rings. The molecule has 0 bridgehead atoms. The third kappa shape index (κ3) is 5.47. The van der Waals surface area contributed by atoms with Crippen molar-refractivity contribution in [3.8, 4) is 16.9 Å². The van der Waals surface area contributed by atoms with Crippen LogP contribution in [0.1, 0.15) is 5.56 Å². The number of anilines is 4. The van der Waals surface area contributed by atoms with E-state index >= 15 is 0 Å². The summed E-state index contributed by atoms with van der Waals surface area (Å²) in [6.45, 7) is 1.66. The first-order valence-corrected chi connectivity index (χ1v) is 10.7. The smallest absolute Gasteiger partial charge is 0.417 e. The zero-order chi connectivity index (χ0) is 25.5. The summed E-state index contributed by atoms with van der Waals surface area (Å²) in [5.41, 5.74) is 5.50. The Bertz CT molecular complexity index is 1550. The van der Waals surface area contributed by atoms with Gasteiger partial charge >= 0.3 is 5.76 Å². The summed E-state index contributed by atoms with van der Waals surface area (Å²) in [5.74, 6) is 1.30. The van der Waals surface area contributed by atoms with Gasteiger partial charge in [0.15, 0.2) is 5.58 Å². The minimum atomic E-state index is -0.489. The fourth-order valence-corrected chi connectivity index (χ4v) is 3.46. The van der Waals surface area contributed by atoms with E-state index in [2.05, 4.69) is 30.6 Å². The van der Waals surface area contributed by atoms with E-state index < -0.39 is 5.76 Å². The van der Waals surface area contributed by atoms with Crippen molar-refractivity contribution in [1.82, 2.24) is 19.9 Å². The van der Waals surface area contributed by atoms with Gasteiger partial charge < -0.3 is 24.9 Å². The van der Waals surface area contributed by atoms with Crippen molar-refractivity contribution >= 4 is 40.7 Å². The Morgan fingerprint density at radius 3 is 2.53 bits per heavy atom. The number of hydrogen-bond donors (Lipinski definition) is 4. The maximum Gasteiger partial charge on any atom is 0.417 e. The van der Waals surface area contributed by atoms with Crippen molar-refractivity contribution in [2.24, 2.45) is 0 Å². The number of nitrogens with one attached hydrogen (secondary N) is 3. The monoisotopic (exact) mass is 486 g/mol. The highest BCUT2D eigenvalue weighted by Gasteiger charge is 2.10. The van der Waals surface area contributed by atoms with Crippen molar-refractivity contribution in [3.63, 3.8) is 0 Å².